The molecular formula is C28H27ClFN5O3. The average Bonchev–Trinajstić information content (AvgIpc) is 3.00. The first-order valence-electron chi connectivity index (χ1n) is 12.6. The van der Waals surface area contributed by atoms with Crippen LogP contribution in [0, 0.1) is 17.7 Å². The van der Waals surface area contributed by atoms with Crippen molar-refractivity contribution in [1.29, 1.82) is 0 Å². The zero-order valence-electron chi connectivity index (χ0n) is 20.6. The third-order valence-corrected chi connectivity index (χ3v) is 7.42. The molecule has 2 aromatic heterocycles. The first-order valence-corrected chi connectivity index (χ1v) is 13.0. The number of nitrogens with one attached hydrogen (secondary N) is 2. The molecule has 2 aliphatic rings. The zero-order valence-corrected chi connectivity index (χ0v) is 21.3. The van der Waals surface area contributed by atoms with Crippen LogP contribution in [0.25, 0.3) is 0 Å². The lowest BCUT2D eigenvalue weighted by atomic mass is 9.81. The molecule has 8 nitrogen and oxygen atoms in total. The third-order valence-electron chi connectivity index (χ3n) is 7.19. The molecule has 0 radical (unpaired) electrons. The van der Waals surface area contributed by atoms with E-state index >= 15 is 0 Å². The number of carbonyl (C=O) groups excluding carboxylic acids is 3. The van der Waals surface area contributed by atoms with Gasteiger partial charge in [-0.25, -0.2) is 9.37 Å². The van der Waals surface area contributed by atoms with Gasteiger partial charge < -0.3 is 15.5 Å². The molecule has 1 fully saturated rings. The van der Waals surface area contributed by atoms with Gasteiger partial charge in [-0.1, -0.05) is 17.7 Å². The molecule has 3 amide bonds. The fourth-order valence-corrected chi connectivity index (χ4v) is 5.33. The largest absolute Gasteiger partial charge is 0.326 e. The number of amides is 3. The molecule has 1 unspecified atom stereocenters. The Morgan fingerprint density at radius 3 is 2.61 bits per heavy atom. The van der Waals surface area contributed by atoms with Crippen LogP contribution in [0.4, 0.5) is 15.9 Å². The third kappa shape index (κ3) is 5.83. The predicted molar refractivity (Wildman–Crippen MR) is 141 cm³/mol. The van der Waals surface area contributed by atoms with Gasteiger partial charge in [-0.15, -0.1) is 0 Å². The van der Waals surface area contributed by atoms with Gasteiger partial charge in [-0.3, -0.25) is 19.4 Å². The second-order valence-electron chi connectivity index (χ2n) is 9.75. The summed E-state index contributed by atoms with van der Waals surface area (Å²) in [4.78, 5) is 49.7. The number of nitrogens with zero attached hydrogens (tertiary/aromatic N) is 3. The molecule has 1 aliphatic heterocycles. The van der Waals surface area contributed by atoms with Crippen LogP contribution in [-0.2, 0) is 16.0 Å². The van der Waals surface area contributed by atoms with Crippen molar-refractivity contribution in [2.75, 3.05) is 17.2 Å². The molecular weight excluding hydrogens is 509 g/mol. The van der Waals surface area contributed by atoms with Gasteiger partial charge in [0.2, 0.25) is 11.8 Å². The number of fused-ring (bicyclic) bond motifs is 1. The van der Waals surface area contributed by atoms with Crippen LogP contribution in [0.3, 0.4) is 0 Å². The number of hydrogen-bond donors (Lipinski definition) is 2. The lowest BCUT2D eigenvalue weighted by Crippen LogP contribution is -2.49. The van der Waals surface area contributed by atoms with E-state index in [2.05, 4.69) is 20.6 Å². The van der Waals surface area contributed by atoms with Crippen molar-refractivity contribution in [2.24, 2.45) is 11.8 Å². The normalized spacial score (nSPS) is 21.3. The first kappa shape index (κ1) is 25.8. The lowest BCUT2D eigenvalue weighted by molar-refractivity contribution is -0.121. The number of benzene rings is 1. The maximum atomic E-state index is 13.7. The number of anilines is 2. The van der Waals surface area contributed by atoms with E-state index in [0.717, 1.165) is 19.0 Å². The zero-order chi connectivity index (χ0) is 26.6. The molecule has 2 N–H and O–H groups in total. The number of halogens is 2. The van der Waals surface area contributed by atoms with E-state index in [1.54, 1.807) is 35.4 Å². The maximum absolute atomic E-state index is 13.7. The van der Waals surface area contributed by atoms with Crippen molar-refractivity contribution < 1.29 is 18.8 Å². The summed E-state index contributed by atoms with van der Waals surface area (Å²) in [5, 5.41) is 6.07. The Labute approximate surface area is 224 Å². The number of hydrogen-bond acceptors (Lipinski definition) is 5. The minimum Gasteiger partial charge on any atom is -0.326 e. The quantitative estimate of drug-likeness (QED) is 0.475. The van der Waals surface area contributed by atoms with E-state index in [0.29, 0.717) is 47.2 Å². The fraction of sp³-hybridized carbons (Fsp3) is 0.321. The number of carbonyl (C=O) groups is 3. The van der Waals surface area contributed by atoms with Gasteiger partial charge in [-0.05, 0) is 74.1 Å². The second kappa shape index (κ2) is 11.3. The molecule has 3 heterocycles. The van der Waals surface area contributed by atoms with E-state index in [9.17, 15) is 18.8 Å². The minimum absolute atomic E-state index is 0.125. The van der Waals surface area contributed by atoms with Crippen LogP contribution in [0.1, 0.15) is 41.7 Å². The summed E-state index contributed by atoms with van der Waals surface area (Å²) in [6.45, 7) is 0.389. The van der Waals surface area contributed by atoms with E-state index in [4.69, 9.17) is 11.6 Å². The van der Waals surface area contributed by atoms with Crippen molar-refractivity contribution in [2.45, 2.75) is 38.1 Å². The first-order chi connectivity index (χ1) is 18.4. The number of aromatic nitrogens is 2. The molecule has 1 aliphatic carbocycles. The lowest BCUT2D eigenvalue weighted by Gasteiger charge is -2.35. The number of rotatable bonds is 6. The molecule has 0 spiro atoms. The SMILES string of the molecule is O=C(Nc1ccc(F)cn1)C1CCC(CN2C(=O)c3ccc(Cl)cc3NC(=O)C2Cc2ccccn2)CC1. The summed E-state index contributed by atoms with van der Waals surface area (Å²) in [7, 11) is 0. The smallest absolute Gasteiger partial charge is 0.256 e. The van der Waals surface area contributed by atoms with Crippen LogP contribution < -0.4 is 10.6 Å². The summed E-state index contributed by atoms with van der Waals surface area (Å²) in [6.07, 6.45) is 5.75. The van der Waals surface area contributed by atoms with E-state index in [1.807, 2.05) is 12.1 Å². The Hall–Kier alpha value is -3.85. The monoisotopic (exact) mass is 535 g/mol. The van der Waals surface area contributed by atoms with Crippen LogP contribution in [-0.4, -0.2) is 45.2 Å². The van der Waals surface area contributed by atoms with E-state index < -0.39 is 11.9 Å². The summed E-state index contributed by atoms with van der Waals surface area (Å²) < 4.78 is 13.1. The molecule has 38 heavy (non-hydrogen) atoms. The van der Waals surface area contributed by atoms with Gasteiger partial charge in [0.05, 0.1) is 17.4 Å². The van der Waals surface area contributed by atoms with Crippen molar-refractivity contribution in [1.82, 2.24) is 14.9 Å². The topological polar surface area (TPSA) is 104 Å². The summed E-state index contributed by atoms with van der Waals surface area (Å²) in [6, 6.07) is 12.3. The molecule has 1 saturated carbocycles. The molecule has 5 rings (SSSR count). The van der Waals surface area contributed by atoms with E-state index in [1.165, 1.54) is 12.1 Å². The highest BCUT2D eigenvalue weighted by atomic mass is 35.5. The summed E-state index contributed by atoms with van der Waals surface area (Å²) >= 11 is 6.14. The van der Waals surface area contributed by atoms with Crippen LogP contribution in [0.2, 0.25) is 5.02 Å². The molecule has 1 aromatic carbocycles. The molecule has 10 heteroatoms. The van der Waals surface area contributed by atoms with Crippen LogP contribution in [0.5, 0.6) is 0 Å². The van der Waals surface area contributed by atoms with E-state index in [-0.39, 0.29) is 36.0 Å². The predicted octanol–water partition coefficient (Wildman–Crippen LogP) is 4.72. The maximum Gasteiger partial charge on any atom is 0.256 e. The van der Waals surface area contributed by atoms with Gasteiger partial charge in [0.25, 0.3) is 5.91 Å². The van der Waals surface area contributed by atoms with Gasteiger partial charge in [0, 0.05) is 35.8 Å². The highest BCUT2D eigenvalue weighted by molar-refractivity contribution is 6.31. The van der Waals surface area contributed by atoms with Crippen molar-refractivity contribution >= 4 is 40.8 Å². The van der Waals surface area contributed by atoms with Gasteiger partial charge in [0.1, 0.15) is 17.7 Å². The van der Waals surface area contributed by atoms with Gasteiger partial charge >= 0.3 is 0 Å². The van der Waals surface area contributed by atoms with Crippen molar-refractivity contribution in [3.63, 3.8) is 0 Å². The van der Waals surface area contributed by atoms with Crippen molar-refractivity contribution in [3.05, 3.63) is 83.0 Å². The standard InChI is InChI=1S/C28H27ClFN5O3/c29-19-8-10-22-23(13-19)33-27(37)24(14-21-3-1-2-12-31-21)35(28(22)38)16-17-4-6-18(7-5-17)26(36)34-25-11-9-20(30)15-32-25/h1-3,8-13,15,17-18,24H,4-7,14,16H2,(H,33,37)(H,32,34,36). The number of pyridine rings is 2. The van der Waals surface area contributed by atoms with Gasteiger partial charge in [0.15, 0.2) is 0 Å². The molecule has 3 aromatic rings. The Morgan fingerprint density at radius 1 is 1.08 bits per heavy atom. The Balaban J connectivity index is 1.30. The Bertz CT molecular complexity index is 1330. The molecule has 196 valence electrons. The minimum atomic E-state index is -0.742. The molecule has 0 saturated heterocycles. The second-order valence-corrected chi connectivity index (χ2v) is 10.2. The van der Waals surface area contributed by atoms with Crippen molar-refractivity contribution in [3.8, 4) is 0 Å². The summed E-state index contributed by atoms with van der Waals surface area (Å²) in [5.74, 6) is -0.897. The van der Waals surface area contributed by atoms with Crippen LogP contribution in [0.15, 0.2) is 60.9 Å². The molecule has 1 atom stereocenters. The van der Waals surface area contributed by atoms with Crippen LogP contribution >= 0.6 is 11.6 Å². The average molecular weight is 536 g/mol. The van der Waals surface area contributed by atoms with Gasteiger partial charge in [-0.2, -0.15) is 0 Å². The summed E-state index contributed by atoms with van der Waals surface area (Å²) in [5.41, 5.74) is 1.51. The highest BCUT2D eigenvalue weighted by Crippen LogP contribution is 2.33. The Kier molecular flexibility index (Phi) is 7.64. The Morgan fingerprint density at radius 2 is 1.89 bits per heavy atom. The fourth-order valence-electron chi connectivity index (χ4n) is 5.15. The molecule has 0 bridgehead atoms. The highest BCUT2D eigenvalue weighted by Gasteiger charge is 2.38.